The van der Waals surface area contributed by atoms with Crippen LogP contribution in [0.1, 0.15) is 77.7 Å². The molecule has 0 atom stereocenters. The van der Waals surface area contributed by atoms with Crippen LogP contribution in [0, 0.1) is 0 Å². The van der Waals surface area contributed by atoms with Gasteiger partial charge in [0.05, 0.1) is 24.7 Å². The maximum atomic E-state index is 13.4. The predicted octanol–water partition coefficient (Wildman–Crippen LogP) is 6.54. The summed E-state index contributed by atoms with van der Waals surface area (Å²) in [6.45, 7) is 6.58. The molecule has 2 rings (SSSR count). The summed E-state index contributed by atoms with van der Waals surface area (Å²) in [6.07, 6.45) is 8.27. The minimum Gasteiger partial charge on any atom is -0.492 e. The topological polar surface area (TPSA) is 81.7 Å². The van der Waals surface area contributed by atoms with Gasteiger partial charge in [-0.1, -0.05) is 82.7 Å². The van der Waals surface area contributed by atoms with Crippen molar-refractivity contribution >= 4 is 21.4 Å². The number of carbonyl (C=O) groups excluding carboxylic acids is 1. The number of hydrogen-bond acceptors (Lipinski definition) is 5. The molecule has 0 aliphatic rings. The van der Waals surface area contributed by atoms with Crippen LogP contribution in [0.15, 0.2) is 47.4 Å². The normalized spacial score (nSPS) is 11.3. The largest absolute Gasteiger partial charge is 0.492 e. The summed E-state index contributed by atoms with van der Waals surface area (Å²) in [4.78, 5) is 11.9. The number of nitrogens with one attached hydrogen (secondary N) is 1. The maximum Gasteiger partial charge on any atom is 0.221 e. The van der Waals surface area contributed by atoms with Crippen molar-refractivity contribution in [3.05, 3.63) is 48.0 Å². The van der Waals surface area contributed by atoms with Gasteiger partial charge < -0.3 is 14.8 Å². The van der Waals surface area contributed by atoms with Crippen LogP contribution in [-0.4, -0.2) is 27.5 Å². The van der Waals surface area contributed by atoms with E-state index in [4.69, 9.17) is 9.47 Å². The van der Waals surface area contributed by atoms with Crippen molar-refractivity contribution < 1.29 is 22.7 Å². The van der Waals surface area contributed by atoms with Crippen LogP contribution in [-0.2, 0) is 20.4 Å². The number of sulfone groups is 1. The van der Waals surface area contributed by atoms with Crippen LogP contribution in [0.5, 0.6) is 11.5 Å². The molecular weight excluding hydrogens is 450 g/mol. The third kappa shape index (κ3) is 9.37. The Morgan fingerprint density at radius 2 is 1.41 bits per heavy atom. The van der Waals surface area contributed by atoms with E-state index in [1.807, 2.05) is 18.2 Å². The molecule has 0 saturated carbocycles. The monoisotopic (exact) mass is 489 g/mol. The first-order valence-corrected chi connectivity index (χ1v) is 14.0. The molecule has 0 radical (unpaired) electrons. The predicted molar refractivity (Wildman–Crippen MR) is 137 cm³/mol. The number of amides is 1. The molecule has 0 heterocycles. The van der Waals surface area contributed by atoms with Crippen molar-refractivity contribution in [1.82, 2.24) is 0 Å². The number of rotatable bonds is 16. The quantitative estimate of drug-likeness (QED) is 0.271. The highest BCUT2D eigenvalue weighted by atomic mass is 32.2. The molecular formula is C27H39NO5S. The van der Waals surface area contributed by atoms with Gasteiger partial charge in [-0.15, -0.1) is 0 Å². The number of unbranched alkanes of at least 4 members (excludes halogenated alkanes) is 6. The lowest BCUT2D eigenvalue weighted by molar-refractivity contribution is -0.114. The zero-order valence-electron chi connectivity index (χ0n) is 20.8. The average Bonchev–Trinajstić information content (AvgIpc) is 2.80. The van der Waals surface area contributed by atoms with E-state index in [2.05, 4.69) is 19.2 Å². The summed E-state index contributed by atoms with van der Waals surface area (Å²) in [5.74, 6) is 0.242. The highest BCUT2D eigenvalue weighted by molar-refractivity contribution is 7.90. The molecule has 6 nitrogen and oxygen atoms in total. The van der Waals surface area contributed by atoms with Crippen LogP contribution in [0.4, 0.5) is 5.69 Å². The highest BCUT2D eigenvalue weighted by Gasteiger charge is 2.24. The van der Waals surface area contributed by atoms with E-state index in [1.54, 1.807) is 18.2 Å². The van der Waals surface area contributed by atoms with Crippen LogP contribution in [0.25, 0.3) is 0 Å². The Kier molecular flexibility index (Phi) is 11.9. The molecule has 0 aliphatic heterocycles. The van der Waals surface area contributed by atoms with Crippen LogP contribution in [0.2, 0.25) is 0 Å². The second-order valence-electron chi connectivity index (χ2n) is 8.54. The molecule has 2 aromatic rings. The van der Waals surface area contributed by atoms with Gasteiger partial charge in [-0.05, 0) is 24.5 Å². The SMILES string of the molecule is CCCCCCOc1cc(OCCCCCC)c(S(=O)(=O)Cc2ccccc2)cc1NC(C)=O. The molecule has 0 saturated heterocycles. The molecule has 0 bridgehead atoms. The Morgan fingerprint density at radius 1 is 0.824 bits per heavy atom. The first-order chi connectivity index (χ1) is 16.4. The third-order valence-electron chi connectivity index (χ3n) is 5.40. The molecule has 0 unspecified atom stereocenters. The lowest BCUT2D eigenvalue weighted by Crippen LogP contribution is -2.13. The second-order valence-corrected chi connectivity index (χ2v) is 10.5. The molecule has 0 fully saturated rings. The molecule has 0 aromatic heterocycles. The van der Waals surface area contributed by atoms with E-state index in [9.17, 15) is 13.2 Å². The lowest BCUT2D eigenvalue weighted by atomic mass is 10.2. The summed E-state index contributed by atoms with van der Waals surface area (Å²) in [7, 11) is -3.73. The minimum atomic E-state index is -3.73. The van der Waals surface area contributed by atoms with Gasteiger partial charge in [-0.25, -0.2) is 8.42 Å². The Bertz CT molecular complexity index is 990. The highest BCUT2D eigenvalue weighted by Crippen LogP contribution is 2.37. The van der Waals surface area contributed by atoms with Crippen molar-refractivity contribution in [3.8, 4) is 11.5 Å². The van der Waals surface area contributed by atoms with E-state index in [0.717, 1.165) is 51.4 Å². The van der Waals surface area contributed by atoms with Crippen molar-refractivity contribution in [3.63, 3.8) is 0 Å². The molecule has 1 N–H and O–H groups in total. The average molecular weight is 490 g/mol. The number of benzene rings is 2. The van der Waals surface area contributed by atoms with E-state index >= 15 is 0 Å². The number of anilines is 1. The summed E-state index contributed by atoms with van der Waals surface area (Å²) in [5, 5.41) is 2.73. The third-order valence-corrected chi connectivity index (χ3v) is 7.10. The van der Waals surface area contributed by atoms with Crippen LogP contribution in [0.3, 0.4) is 0 Å². The van der Waals surface area contributed by atoms with Gasteiger partial charge in [-0.3, -0.25) is 4.79 Å². The van der Waals surface area contributed by atoms with Crippen molar-refractivity contribution in [2.24, 2.45) is 0 Å². The van der Waals surface area contributed by atoms with Crippen LogP contribution >= 0.6 is 0 Å². The maximum absolute atomic E-state index is 13.4. The molecule has 34 heavy (non-hydrogen) atoms. The number of hydrogen-bond donors (Lipinski definition) is 1. The van der Waals surface area contributed by atoms with Crippen molar-refractivity contribution in [2.75, 3.05) is 18.5 Å². The molecule has 1 amide bonds. The fourth-order valence-electron chi connectivity index (χ4n) is 3.60. The fourth-order valence-corrected chi connectivity index (χ4v) is 5.11. The number of carbonyl (C=O) groups is 1. The summed E-state index contributed by atoms with van der Waals surface area (Å²) in [6, 6.07) is 12.1. The van der Waals surface area contributed by atoms with E-state index in [1.165, 1.54) is 13.0 Å². The smallest absolute Gasteiger partial charge is 0.221 e. The van der Waals surface area contributed by atoms with E-state index in [-0.39, 0.29) is 22.3 Å². The van der Waals surface area contributed by atoms with E-state index in [0.29, 0.717) is 30.2 Å². The summed E-state index contributed by atoms with van der Waals surface area (Å²) in [5.41, 5.74) is 1.03. The molecule has 0 aliphatic carbocycles. The molecule has 2 aromatic carbocycles. The summed E-state index contributed by atoms with van der Waals surface area (Å²) < 4.78 is 38.8. The summed E-state index contributed by atoms with van der Waals surface area (Å²) >= 11 is 0. The Hall–Kier alpha value is -2.54. The first-order valence-electron chi connectivity index (χ1n) is 12.3. The Balaban J connectivity index is 2.37. The molecule has 188 valence electrons. The van der Waals surface area contributed by atoms with Gasteiger partial charge in [0.1, 0.15) is 16.4 Å². The van der Waals surface area contributed by atoms with Gasteiger partial charge >= 0.3 is 0 Å². The van der Waals surface area contributed by atoms with Gasteiger partial charge in [-0.2, -0.15) is 0 Å². The molecule has 0 spiro atoms. The van der Waals surface area contributed by atoms with Gasteiger partial charge in [0, 0.05) is 13.0 Å². The van der Waals surface area contributed by atoms with Gasteiger partial charge in [0.2, 0.25) is 5.91 Å². The fraction of sp³-hybridized carbons (Fsp3) is 0.519. The first kappa shape index (κ1) is 27.7. The van der Waals surface area contributed by atoms with Gasteiger partial charge in [0.15, 0.2) is 9.84 Å². The molecule has 7 heteroatoms. The standard InChI is InChI=1S/C27H39NO5S/c1-4-6-8-13-17-32-25-20-26(33-18-14-9-7-5-2)27(19-24(25)28-22(3)29)34(30,31)21-23-15-11-10-12-16-23/h10-12,15-16,19-20H,4-9,13-14,17-18,21H2,1-3H3,(H,28,29). The lowest BCUT2D eigenvalue weighted by Gasteiger charge is -2.18. The second kappa shape index (κ2) is 14.7. The van der Waals surface area contributed by atoms with Crippen LogP contribution < -0.4 is 14.8 Å². The van der Waals surface area contributed by atoms with Crippen molar-refractivity contribution in [2.45, 2.75) is 82.8 Å². The number of ether oxygens (including phenoxy) is 2. The van der Waals surface area contributed by atoms with Crippen molar-refractivity contribution in [1.29, 1.82) is 0 Å². The Labute approximate surface area is 205 Å². The Morgan fingerprint density at radius 3 is 1.97 bits per heavy atom. The van der Waals surface area contributed by atoms with Gasteiger partial charge in [0.25, 0.3) is 0 Å². The van der Waals surface area contributed by atoms with E-state index < -0.39 is 9.84 Å². The zero-order valence-corrected chi connectivity index (χ0v) is 21.6. The minimum absolute atomic E-state index is 0.0638. The zero-order chi connectivity index (χ0) is 24.8.